The van der Waals surface area contributed by atoms with Crippen LogP contribution in [0, 0.1) is 0 Å². The predicted octanol–water partition coefficient (Wildman–Crippen LogP) is 2.50. The van der Waals surface area contributed by atoms with Crippen molar-refractivity contribution < 1.29 is 37.3 Å². The smallest absolute Gasteiger partial charge is 0.475 e. The van der Waals surface area contributed by atoms with Crippen molar-refractivity contribution in [1.29, 1.82) is 0 Å². The number of aliphatic carboxylic acids is 1. The highest BCUT2D eigenvalue weighted by molar-refractivity contribution is 5.93. The maximum absolute atomic E-state index is 12.9. The Morgan fingerprint density at radius 1 is 1.23 bits per heavy atom. The van der Waals surface area contributed by atoms with Crippen molar-refractivity contribution in [3.8, 4) is 5.88 Å². The van der Waals surface area contributed by atoms with E-state index in [0.717, 1.165) is 12.8 Å². The van der Waals surface area contributed by atoms with Crippen LogP contribution in [0.2, 0.25) is 0 Å². The lowest BCUT2D eigenvalue weighted by atomic mass is 10.1. The number of rotatable bonds is 3. The zero-order chi connectivity index (χ0) is 22.6. The zero-order valence-corrected chi connectivity index (χ0v) is 16.7. The number of alkyl halides is 3. The van der Waals surface area contributed by atoms with Gasteiger partial charge in [0, 0.05) is 32.1 Å². The number of amides is 1. The van der Waals surface area contributed by atoms with Crippen molar-refractivity contribution in [3.63, 3.8) is 0 Å². The molecule has 1 saturated heterocycles. The Hall–Kier alpha value is -3.08. The number of aromatic nitrogens is 2. The van der Waals surface area contributed by atoms with Crippen molar-refractivity contribution in [2.45, 2.75) is 37.3 Å². The average molecular weight is 441 g/mol. The van der Waals surface area contributed by atoms with E-state index >= 15 is 0 Å². The molecule has 0 bridgehead atoms. The number of pyridine rings is 1. The molecule has 0 radical (unpaired) electrons. The third-order valence-corrected chi connectivity index (χ3v) is 5.11. The molecule has 3 atom stereocenters. The molecule has 0 aromatic carbocycles. The van der Waals surface area contributed by atoms with Gasteiger partial charge in [0.05, 0.1) is 12.6 Å². The minimum Gasteiger partial charge on any atom is -0.475 e. The van der Waals surface area contributed by atoms with Crippen LogP contribution in [0.25, 0.3) is 0 Å². The maximum Gasteiger partial charge on any atom is 0.490 e. The van der Waals surface area contributed by atoms with Crippen LogP contribution >= 0.6 is 0 Å². The van der Waals surface area contributed by atoms with E-state index in [4.69, 9.17) is 19.4 Å². The molecule has 0 spiro atoms. The first-order valence-electron chi connectivity index (χ1n) is 9.60. The van der Waals surface area contributed by atoms with Crippen molar-refractivity contribution in [3.05, 3.63) is 48.4 Å². The molecule has 1 aliphatic heterocycles. The lowest BCUT2D eigenvalue weighted by molar-refractivity contribution is -0.192. The number of morpholine rings is 1. The molecule has 4 rings (SSSR count). The van der Waals surface area contributed by atoms with Gasteiger partial charge in [-0.05, 0) is 31.0 Å². The number of carboxylic acid groups (broad SMARTS) is 1. The number of carboxylic acids is 1. The summed E-state index contributed by atoms with van der Waals surface area (Å²) in [5.74, 6) is -2.08. The molecule has 0 unspecified atom stereocenters. The molecular weight excluding hydrogens is 419 g/mol. The molecule has 2 fully saturated rings. The van der Waals surface area contributed by atoms with Crippen LogP contribution < -0.4 is 4.74 Å². The molecule has 1 saturated carbocycles. The van der Waals surface area contributed by atoms with Gasteiger partial charge in [0.15, 0.2) is 0 Å². The maximum atomic E-state index is 12.9. The van der Waals surface area contributed by atoms with Crippen molar-refractivity contribution in [1.82, 2.24) is 14.5 Å². The predicted molar refractivity (Wildman–Crippen MR) is 102 cm³/mol. The van der Waals surface area contributed by atoms with Crippen LogP contribution in [0.1, 0.15) is 23.3 Å². The molecule has 31 heavy (non-hydrogen) atoms. The van der Waals surface area contributed by atoms with Gasteiger partial charge in [0.2, 0.25) is 5.88 Å². The normalized spacial score (nSPS) is 22.8. The van der Waals surface area contributed by atoms with E-state index in [-0.39, 0.29) is 24.2 Å². The van der Waals surface area contributed by atoms with Gasteiger partial charge in [-0.25, -0.2) is 9.78 Å². The number of carbonyl (C=O) groups is 2. The Kier molecular flexibility index (Phi) is 6.84. The second-order valence-electron chi connectivity index (χ2n) is 7.11. The van der Waals surface area contributed by atoms with Crippen LogP contribution in [0.15, 0.2) is 42.7 Å². The quantitative estimate of drug-likeness (QED) is 0.787. The summed E-state index contributed by atoms with van der Waals surface area (Å²) in [4.78, 5) is 28.0. The fourth-order valence-corrected chi connectivity index (χ4v) is 3.70. The molecule has 2 aromatic rings. The monoisotopic (exact) mass is 441 g/mol. The zero-order valence-electron chi connectivity index (χ0n) is 16.7. The molecule has 3 heterocycles. The van der Waals surface area contributed by atoms with Gasteiger partial charge >= 0.3 is 12.1 Å². The van der Waals surface area contributed by atoms with E-state index < -0.39 is 12.1 Å². The topological polar surface area (TPSA) is 93.9 Å². The third kappa shape index (κ3) is 5.35. The fraction of sp³-hybridized carbons (Fsp3) is 0.450. The van der Waals surface area contributed by atoms with Crippen molar-refractivity contribution in [2.75, 3.05) is 13.2 Å². The highest BCUT2D eigenvalue weighted by Crippen LogP contribution is 2.33. The summed E-state index contributed by atoms with van der Waals surface area (Å²) in [6.45, 7) is 1.17. The molecule has 2 aromatic heterocycles. The minimum absolute atomic E-state index is 0.0612. The molecule has 1 aliphatic carbocycles. The van der Waals surface area contributed by atoms with Gasteiger partial charge in [-0.15, -0.1) is 0 Å². The third-order valence-electron chi connectivity index (χ3n) is 5.11. The van der Waals surface area contributed by atoms with Crippen LogP contribution in [0.3, 0.4) is 0 Å². The van der Waals surface area contributed by atoms with E-state index in [9.17, 15) is 18.0 Å². The molecule has 8 nitrogen and oxygen atoms in total. The Morgan fingerprint density at radius 2 is 1.97 bits per heavy atom. The van der Waals surface area contributed by atoms with Gasteiger partial charge in [-0.2, -0.15) is 13.2 Å². The van der Waals surface area contributed by atoms with Crippen molar-refractivity contribution in [2.24, 2.45) is 7.05 Å². The first-order chi connectivity index (χ1) is 14.7. The molecule has 1 amide bonds. The first-order valence-corrected chi connectivity index (χ1v) is 9.60. The standard InChI is InChI=1S/C18H21N3O3.C2HF3O2/c1-20-10-4-5-14(20)18(22)21-11-12-23-17-13(21)7-8-15(17)24-16-6-2-3-9-19-16;3-2(4,5)1(6)7/h2-6,9-10,13,15,17H,7-8,11-12H2,1H3;(H,6,7)/t13-,15-,17+;/m0./s1. The highest BCUT2D eigenvalue weighted by atomic mass is 19.4. The second kappa shape index (κ2) is 9.38. The molecular formula is C20H22F3N3O5. The summed E-state index contributed by atoms with van der Waals surface area (Å²) in [7, 11) is 1.90. The van der Waals surface area contributed by atoms with Gasteiger partial charge in [0.1, 0.15) is 17.9 Å². The molecule has 11 heteroatoms. The summed E-state index contributed by atoms with van der Waals surface area (Å²) < 4.78 is 45.6. The Bertz CT molecular complexity index is 903. The summed E-state index contributed by atoms with van der Waals surface area (Å²) in [6.07, 6.45) is 0.127. The first kappa shape index (κ1) is 22.6. The number of halogens is 3. The largest absolute Gasteiger partial charge is 0.490 e. The Labute approximate surface area is 176 Å². The number of aryl methyl sites for hydroxylation is 1. The van der Waals surface area contributed by atoms with E-state index in [0.29, 0.717) is 24.7 Å². The summed E-state index contributed by atoms with van der Waals surface area (Å²) in [6, 6.07) is 9.44. The van der Waals surface area contributed by atoms with Crippen LogP contribution in [-0.4, -0.2) is 69.0 Å². The van der Waals surface area contributed by atoms with Gasteiger partial charge in [-0.3, -0.25) is 4.79 Å². The number of ether oxygens (including phenoxy) is 2. The Balaban J connectivity index is 0.000000339. The second-order valence-corrected chi connectivity index (χ2v) is 7.11. The number of hydrogen-bond donors (Lipinski definition) is 1. The molecule has 1 N–H and O–H groups in total. The lowest BCUT2D eigenvalue weighted by Gasteiger charge is -2.38. The van der Waals surface area contributed by atoms with Gasteiger partial charge in [-0.1, -0.05) is 6.07 Å². The highest BCUT2D eigenvalue weighted by Gasteiger charge is 2.46. The van der Waals surface area contributed by atoms with E-state index in [1.165, 1.54) is 0 Å². The van der Waals surface area contributed by atoms with E-state index in [1.54, 1.807) is 6.20 Å². The number of nitrogens with zero attached hydrogens (tertiary/aromatic N) is 3. The summed E-state index contributed by atoms with van der Waals surface area (Å²) >= 11 is 0. The minimum atomic E-state index is -5.08. The number of fused-ring (bicyclic) bond motifs is 1. The van der Waals surface area contributed by atoms with E-state index in [1.807, 2.05) is 53.0 Å². The number of hydrogen-bond acceptors (Lipinski definition) is 5. The fourth-order valence-electron chi connectivity index (χ4n) is 3.70. The van der Waals surface area contributed by atoms with Crippen LogP contribution in [0.4, 0.5) is 13.2 Å². The SMILES string of the molecule is Cn1cccc1C(=O)N1CCO[C@H]2[C@@H](Oc3ccccn3)CC[C@@H]21.O=C(O)C(F)(F)F. The average Bonchev–Trinajstić information content (AvgIpc) is 3.34. The van der Waals surface area contributed by atoms with E-state index in [2.05, 4.69) is 4.98 Å². The lowest BCUT2D eigenvalue weighted by Crippen LogP contribution is -2.54. The van der Waals surface area contributed by atoms with Gasteiger partial charge in [0.25, 0.3) is 5.91 Å². The summed E-state index contributed by atoms with van der Waals surface area (Å²) in [5, 5.41) is 7.12. The molecule has 168 valence electrons. The van der Waals surface area contributed by atoms with Crippen LogP contribution in [-0.2, 0) is 16.6 Å². The van der Waals surface area contributed by atoms with Crippen molar-refractivity contribution >= 4 is 11.9 Å². The summed E-state index contributed by atoms with van der Waals surface area (Å²) in [5.41, 5.74) is 0.713. The molecule has 2 aliphatic rings. The number of carbonyl (C=O) groups excluding carboxylic acids is 1. The van der Waals surface area contributed by atoms with Gasteiger partial charge < -0.3 is 24.0 Å². The Morgan fingerprint density at radius 3 is 2.55 bits per heavy atom. The van der Waals surface area contributed by atoms with Crippen LogP contribution in [0.5, 0.6) is 5.88 Å².